The van der Waals surface area contributed by atoms with Crippen LogP contribution in [0.4, 0.5) is 5.69 Å². The first-order chi connectivity index (χ1) is 15.3. The van der Waals surface area contributed by atoms with E-state index in [-0.39, 0.29) is 16.9 Å². The largest absolute Gasteiger partial charge is 0.507 e. The van der Waals surface area contributed by atoms with E-state index in [1.165, 1.54) is 18.1 Å². The summed E-state index contributed by atoms with van der Waals surface area (Å²) in [6.07, 6.45) is 1.56. The molecule has 1 amide bonds. The van der Waals surface area contributed by atoms with E-state index in [0.717, 1.165) is 5.56 Å². The van der Waals surface area contributed by atoms with Gasteiger partial charge in [-0.25, -0.2) is 0 Å². The monoisotopic (exact) mass is 468 g/mol. The molecule has 2 aromatic carbocycles. The molecule has 8 heteroatoms. The number of rotatable bonds is 4. The van der Waals surface area contributed by atoms with Crippen LogP contribution >= 0.6 is 23.2 Å². The van der Waals surface area contributed by atoms with E-state index in [4.69, 9.17) is 27.9 Å². The summed E-state index contributed by atoms with van der Waals surface area (Å²) in [4.78, 5) is 31.9. The van der Waals surface area contributed by atoms with Gasteiger partial charge in [0.2, 0.25) is 0 Å². The molecule has 1 unspecified atom stereocenters. The number of Topliss-reactive ketones (excluding diaryl/α,β-unsaturated/α-hetero) is 1. The van der Waals surface area contributed by atoms with Gasteiger partial charge < -0.3 is 9.84 Å². The van der Waals surface area contributed by atoms with E-state index >= 15 is 0 Å². The number of pyridine rings is 1. The quantitative estimate of drug-likeness (QED) is 0.317. The number of methoxy groups -OCH3 is 1. The lowest BCUT2D eigenvalue weighted by atomic mass is 9.98. The lowest BCUT2D eigenvalue weighted by Gasteiger charge is -2.25. The average Bonchev–Trinajstić information content (AvgIpc) is 3.06. The molecule has 32 heavy (non-hydrogen) atoms. The standard InChI is InChI=1S/C24H18Cl2N2O4/c1-13-6-8-15(12-17(13)26)28-21(18-5-3-4-10-27-18)20(23(30)24(28)31)22(29)14-7-9-16(25)19(11-14)32-2/h3-12,21,29H,1-2H3/b22-20+. The van der Waals surface area contributed by atoms with Crippen LogP contribution < -0.4 is 9.64 Å². The van der Waals surface area contributed by atoms with Gasteiger partial charge in [-0.05, 0) is 55.0 Å². The minimum absolute atomic E-state index is 0.0882. The van der Waals surface area contributed by atoms with E-state index in [1.807, 2.05) is 6.92 Å². The molecule has 1 atom stereocenters. The van der Waals surface area contributed by atoms with Crippen LogP contribution in [0.15, 0.2) is 66.4 Å². The van der Waals surface area contributed by atoms with Crippen LogP contribution in [0.25, 0.3) is 5.76 Å². The minimum atomic E-state index is -0.948. The van der Waals surface area contributed by atoms with Crippen LogP contribution in [0, 0.1) is 6.92 Å². The van der Waals surface area contributed by atoms with E-state index in [9.17, 15) is 14.7 Å². The predicted molar refractivity (Wildman–Crippen MR) is 123 cm³/mol. The first kappa shape index (κ1) is 21.9. The highest BCUT2D eigenvalue weighted by atomic mass is 35.5. The number of carbonyl (C=O) groups excluding carboxylic acids is 2. The zero-order valence-corrected chi connectivity index (χ0v) is 18.7. The molecule has 2 heterocycles. The molecule has 1 fully saturated rings. The molecule has 1 aromatic heterocycles. The molecular weight excluding hydrogens is 451 g/mol. The van der Waals surface area contributed by atoms with E-state index in [0.29, 0.717) is 27.2 Å². The third-order valence-electron chi connectivity index (χ3n) is 5.27. The fraction of sp³-hybridized carbons (Fsp3) is 0.125. The first-order valence-corrected chi connectivity index (χ1v) is 10.4. The molecule has 3 aromatic rings. The van der Waals surface area contributed by atoms with Crippen LogP contribution in [0.2, 0.25) is 10.0 Å². The van der Waals surface area contributed by atoms with Crippen LogP contribution in [0.3, 0.4) is 0 Å². The summed E-state index contributed by atoms with van der Waals surface area (Å²) in [5.41, 5.74) is 1.87. The zero-order chi connectivity index (χ0) is 23.0. The summed E-state index contributed by atoms with van der Waals surface area (Å²) >= 11 is 12.4. The second-order valence-electron chi connectivity index (χ2n) is 7.21. The predicted octanol–water partition coefficient (Wildman–Crippen LogP) is 5.33. The average molecular weight is 469 g/mol. The van der Waals surface area contributed by atoms with Crippen LogP contribution in [-0.2, 0) is 9.59 Å². The molecule has 1 saturated heterocycles. The summed E-state index contributed by atoms with van der Waals surface area (Å²) in [5.74, 6) is -1.65. The van der Waals surface area contributed by atoms with Gasteiger partial charge in [-0.2, -0.15) is 0 Å². The van der Waals surface area contributed by atoms with Crippen molar-refractivity contribution in [3.05, 3.63) is 93.2 Å². The Labute approximate surface area is 194 Å². The summed E-state index contributed by atoms with van der Waals surface area (Å²) in [6.45, 7) is 1.84. The van der Waals surface area contributed by atoms with Crippen LogP contribution in [-0.4, -0.2) is 28.9 Å². The molecular formula is C24H18Cl2N2O4. The number of ketones is 1. The van der Waals surface area contributed by atoms with Gasteiger partial charge in [0.05, 0.1) is 23.4 Å². The number of aliphatic hydroxyl groups excluding tert-OH is 1. The molecule has 6 nitrogen and oxygen atoms in total. The number of aryl methyl sites for hydroxylation is 1. The van der Waals surface area contributed by atoms with E-state index < -0.39 is 17.7 Å². The van der Waals surface area contributed by atoms with Gasteiger partial charge in [0.15, 0.2) is 0 Å². The van der Waals surface area contributed by atoms with Crippen LogP contribution in [0.5, 0.6) is 5.75 Å². The first-order valence-electron chi connectivity index (χ1n) is 9.65. The lowest BCUT2D eigenvalue weighted by Crippen LogP contribution is -2.29. The number of carbonyl (C=O) groups is 2. The van der Waals surface area contributed by atoms with Crippen molar-refractivity contribution in [2.45, 2.75) is 13.0 Å². The fourth-order valence-electron chi connectivity index (χ4n) is 3.61. The Morgan fingerprint density at radius 3 is 2.50 bits per heavy atom. The third kappa shape index (κ3) is 3.72. The maximum atomic E-state index is 13.1. The number of amides is 1. The highest BCUT2D eigenvalue weighted by molar-refractivity contribution is 6.51. The smallest absolute Gasteiger partial charge is 0.300 e. The molecule has 1 aliphatic rings. The van der Waals surface area contributed by atoms with Gasteiger partial charge in [-0.15, -0.1) is 0 Å². The number of ether oxygens (including phenoxy) is 1. The molecule has 4 rings (SSSR count). The third-order valence-corrected chi connectivity index (χ3v) is 5.99. The van der Waals surface area contributed by atoms with Crippen molar-refractivity contribution in [2.24, 2.45) is 0 Å². The van der Waals surface area contributed by atoms with Crippen molar-refractivity contribution >= 4 is 46.3 Å². The summed E-state index contributed by atoms with van der Waals surface area (Å²) in [6, 6.07) is 13.9. The summed E-state index contributed by atoms with van der Waals surface area (Å²) in [5, 5.41) is 11.9. The zero-order valence-electron chi connectivity index (χ0n) is 17.2. The molecule has 0 spiro atoms. The summed E-state index contributed by atoms with van der Waals surface area (Å²) in [7, 11) is 1.44. The lowest BCUT2D eigenvalue weighted by molar-refractivity contribution is -0.132. The Hall–Kier alpha value is -3.35. The van der Waals surface area contributed by atoms with Gasteiger partial charge in [-0.3, -0.25) is 19.5 Å². The Kier molecular flexibility index (Phi) is 5.91. The van der Waals surface area contributed by atoms with Crippen LogP contribution in [0.1, 0.15) is 22.9 Å². The van der Waals surface area contributed by atoms with Crippen molar-refractivity contribution in [1.82, 2.24) is 4.98 Å². The van der Waals surface area contributed by atoms with Crippen molar-refractivity contribution < 1.29 is 19.4 Å². The van der Waals surface area contributed by atoms with Crippen molar-refractivity contribution in [1.29, 1.82) is 0 Å². The number of hydrogen-bond acceptors (Lipinski definition) is 5. The molecule has 1 N–H and O–H groups in total. The molecule has 0 saturated carbocycles. The Morgan fingerprint density at radius 1 is 1.06 bits per heavy atom. The second-order valence-corrected chi connectivity index (χ2v) is 8.02. The molecule has 0 aliphatic carbocycles. The van der Waals surface area contributed by atoms with E-state index in [1.54, 1.807) is 54.7 Å². The molecule has 0 radical (unpaired) electrons. The van der Waals surface area contributed by atoms with Gasteiger partial charge >= 0.3 is 0 Å². The summed E-state index contributed by atoms with van der Waals surface area (Å²) < 4.78 is 5.22. The number of benzene rings is 2. The van der Waals surface area contributed by atoms with Gasteiger partial charge in [0, 0.05) is 22.5 Å². The van der Waals surface area contributed by atoms with Gasteiger partial charge in [0.1, 0.15) is 17.6 Å². The van der Waals surface area contributed by atoms with Crippen molar-refractivity contribution in [2.75, 3.05) is 12.0 Å². The second kappa shape index (κ2) is 8.65. The Morgan fingerprint density at radius 2 is 1.84 bits per heavy atom. The van der Waals surface area contributed by atoms with Crippen molar-refractivity contribution in [3.63, 3.8) is 0 Å². The highest BCUT2D eigenvalue weighted by Crippen LogP contribution is 2.42. The minimum Gasteiger partial charge on any atom is -0.507 e. The maximum Gasteiger partial charge on any atom is 0.300 e. The van der Waals surface area contributed by atoms with Crippen molar-refractivity contribution in [3.8, 4) is 5.75 Å². The number of anilines is 1. The van der Waals surface area contributed by atoms with E-state index in [2.05, 4.69) is 4.98 Å². The Bertz CT molecular complexity index is 1260. The Balaban J connectivity index is 1.95. The number of aromatic nitrogens is 1. The maximum absolute atomic E-state index is 13.1. The highest BCUT2D eigenvalue weighted by Gasteiger charge is 2.47. The molecule has 1 aliphatic heterocycles. The fourth-order valence-corrected chi connectivity index (χ4v) is 3.98. The normalized spacial score (nSPS) is 17.6. The van der Waals surface area contributed by atoms with Gasteiger partial charge in [0.25, 0.3) is 11.7 Å². The number of hydrogen-bond donors (Lipinski definition) is 1. The SMILES string of the molecule is COc1cc(/C(O)=C2\C(=O)C(=O)N(c3ccc(C)c(Cl)c3)C2c2ccccn2)ccc1Cl. The molecule has 162 valence electrons. The van der Waals surface area contributed by atoms with Gasteiger partial charge in [-0.1, -0.05) is 35.3 Å². The number of aliphatic hydroxyl groups is 1. The topological polar surface area (TPSA) is 79.7 Å². The number of nitrogens with zero attached hydrogens (tertiary/aromatic N) is 2. The molecule has 0 bridgehead atoms. The number of halogens is 2.